The van der Waals surface area contributed by atoms with E-state index in [1.54, 1.807) is 66.7 Å². The molecular weight excluding hydrogens is 1740 g/mol. The average Bonchev–Trinajstić information content (AvgIpc) is 0.791. The Kier molecular flexibility index (Phi) is 43.3. The summed E-state index contributed by atoms with van der Waals surface area (Å²) in [6.07, 6.45) is 0. The molecule has 9 heterocycles. The molecule has 2 aromatic carbocycles. The minimum atomic E-state index is -4.43. The highest BCUT2D eigenvalue weighted by atomic mass is 32.2. The Bertz CT molecular complexity index is 4960. The molecule has 3 fully saturated rings. The van der Waals surface area contributed by atoms with Gasteiger partial charge in [-0.1, -0.05) is 60.7 Å². The number of nitrogens with zero attached hydrogens (tertiary/aromatic N) is 11. The Hall–Kier alpha value is -7.51. The van der Waals surface area contributed by atoms with Gasteiger partial charge in [0.2, 0.25) is 5.56 Å². The highest BCUT2D eigenvalue weighted by molar-refractivity contribution is 7.87. The molecule has 0 bridgehead atoms. The number of hydrogen-bond acceptors (Lipinski definition) is 34. The van der Waals surface area contributed by atoms with Crippen molar-refractivity contribution < 1.29 is 122 Å². The highest BCUT2D eigenvalue weighted by Gasteiger charge is 2.23. The van der Waals surface area contributed by atoms with Crippen LogP contribution in [0, 0.1) is 0 Å². The van der Waals surface area contributed by atoms with E-state index in [9.17, 15) is 69.6 Å². The second-order valence-electron chi connectivity index (χ2n) is 28.6. The van der Waals surface area contributed by atoms with Crippen LogP contribution in [0.25, 0.3) is 21.8 Å². The molecule has 0 radical (unpaired) electrons. The van der Waals surface area contributed by atoms with Gasteiger partial charge in [0.25, 0.3) is 20.2 Å². The van der Waals surface area contributed by atoms with Crippen LogP contribution >= 0.6 is 0 Å². The van der Waals surface area contributed by atoms with Crippen molar-refractivity contribution in [3.63, 3.8) is 0 Å². The van der Waals surface area contributed by atoms with E-state index in [0.717, 1.165) is 5.69 Å². The van der Waals surface area contributed by atoms with E-state index in [1.807, 2.05) is 32.9 Å². The average molecular weight is 1850 g/mol. The van der Waals surface area contributed by atoms with Gasteiger partial charge in [-0.2, -0.15) is 42.1 Å². The zero-order chi connectivity index (χ0) is 89.2. The van der Waals surface area contributed by atoms with Gasteiger partial charge in [0.05, 0.1) is 198 Å². The summed E-state index contributed by atoms with van der Waals surface area (Å²) in [5.74, 6) is 0. The molecular formula is C80H112N12O28S5. The van der Waals surface area contributed by atoms with E-state index in [4.69, 9.17) is 56.8 Å². The molecule has 11 rings (SSSR count). The number of pyridine rings is 6. The van der Waals surface area contributed by atoms with Gasteiger partial charge in [0.15, 0.2) is 15.1 Å². The second-order valence-corrected chi connectivity index (χ2v) is 35.5. The van der Waals surface area contributed by atoms with Gasteiger partial charge in [-0.25, -0.2) is 24.9 Å². The molecule has 8 aromatic rings. The summed E-state index contributed by atoms with van der Waals surface area (Å²) in [6, 6.07) is 35.1. The van der Waals surface area contributed by atoms with Crippen LogP contribution in [-0.4, -0.2) is 361 Å². The maximum Gasteiger partial charge on any atom is 0.312 e. The molecule has 6 aromatic heterocycles. The van der Waals surface area contributed by atoms with E-state index < -0.39 is 60.6 Å². The maximum absolute atomic E-state index is 11.9. The fourth-order valence-corrected chi connectivity index (χ4v) is 15.6. The summed E-state index contributed by atoms with van der Waals surface area (Å²) in [6.45, 7) is 19.7. The standard InChI is InChI=1S/C32H40N4O10S2.C24H36N4O10S2.C24H36N4O8S/c37-47(38,39)29-5-1-3-25-7-9-27(33-31(25)29)23-35-11-15-43-19-21-45-17-13-36(14-18-46-22-20-44-16-12-35)24-28-10-8-26-4-2-6-30(32(26)34-28)48(40,41)42;29-39(30,31)23-5-1-3-21(25-23)19-27-7-11-35-15-17-37-13-9-28(10-14-38-18-16-36-12-8-27)20-22-4-2-6-24(26-22)40(32,33)34;29-23-5-1-3-21(25-23)19-27-7-11-33-15-17-35-13-9-28(10-14-36-18-16-34-12-8-27)20-22-4-2-6-24(26-22)37(30,31)32/h1-10H,11-24H2,(H,37,38,39)(H,40,41,42);1-6H,7-20H2,(H,29,30,31)(H,32,33,34);1-6H,7-20H2,(H,25,29)(H,30,31,32). The van der Waals surface area contributed by atoms with Crippen LogP contribution in [0.15, 0.2) is 163 Å². The van der Waals surface area contributed by atoms with Crippen molar-refractivity contribution in [2.75, 3.05) is 237 Å². The first-order chi connectivity index (χ1) is 60.1. The Labute approximate surface area is 728 Å². The number of rotatable bonds is 17. The zero-order valence-electron chi connectivity index (χ0n) is 69.5. The number of hydrogen-bond donors (Lipinski definition) is 6. The molecule has 3 aliphatic heterocycles. The SMILES string of the molecule is O=S(=O)(O)c1cccc(CN2CCOCCOCCN(Cc3cccc(S(=O)(=O)O)n3)CCOCCOCC2)n1.O=S(=O)(O)c1cccc2ccc(CN3CCOCCOCCN(Cc4ccc5cccc(S(=O)(=O)O)c5n4)CCOCCOCC3)nc12.O=c1cccc(CN2CCOCCOCCN(Cc3cccc(S(=O)(=O)O)n3)CCOCCOCC2)[nH]1. The summed E-state index contributed by atoms with van der Waals surface area (Å²) in [7, 11) is -22.0. The zero-order valence-corrected chi connectivity index (χ0v) is 73.6. The van der Waals surface area contributed by atoms with Gasteiger partial charge in [0, 0.05) is 140 Å². The molecule has 3 aliphatic rings. The van der Waals surface area contributed by atoms with Crippen molar-refractivity contribution in [3.05, 3.63) is 178 Å². The van der Waals surface area contributed by atoms with Crippen LogP contribution in [-0.2, 0) is 147 Å². The number of para-hydroxylation sites is 2. The molecule has 6 N–H and O–H groups in total. The first-order valence-corrected chi connectivity index (χ1v) is 47.8. The van der Waals surface area contributed by atoms with Crippen molar-refractivity contribution in [3.8, 4) is 0 Å². The summed E-state index contributed by atoms with van der Waals surface area (Å²) in [5, 5.41) is 0.0686. The van der Waals surface area contributed by atoms with Crippen LogP contribution in [0.4, 0.5) is 0 Å². The fourth-order valence-electron chi connectivity index (χ4n) is 12.8. The second kappa shape index (κ2) is 53.5. The number of fused-ring (bicyclic) bond motifs is 2. The van der Waals surface area contributed by atoms with Crippen molar-refractivity contribution >= 4 is 72.4 Å². The van der Waals surface area contributed by atoms with Crippen molar-refractivity contribution in [1.82, 2.24) is 59.3 Å². The minimum absolute atomic E-state index is 0.123. The molecule has 3 saturated heterocycles. The largest absolute Gasteiger partial charge is 0.378 e. The van der Waals surface area contributed by atoms with Crippen LogP contribution in [0.2, 0.25) is 0 Å². The molecule has 0 saturated carbocycles. The number of aromatic nitrogens is 6. The van der Waals surface area contributed by atoms with E-state index >= 15 is 0 Å². The molecule has 125 heavy (non-hydrogen) atoms. The molecule has 0 atom stereocenters. The smallest absolute Gasteiger partial charge is 0.312 e. The molecule has 0 amide bonds. The number of nitrogens with one attached hydrogen (secondary N) is 1. The van der Waals surface area contributed by atoms with Gasteiger partial charge in [0.1, 0.15) is 9.79 Å². The molecule has 0 spiro atoms. The van der Waals surface area contributed by atoms with E-state index in [-0.39, 0.29) is 31.4 Å². The van der Waals surface area contributed by atoms with E-state index in [1.165, 1.54) is 48.5 Å². The molecule has 0 aliphatic carbocycles. The normalized spacial score (nSPS) is 18.7. The van der Waals surface area contributed by atoms with Gasteiger partial charge in [-0.15, -0.1) is 0 Å². The first-order valence-electron chi connectivity index (χ1n) is 40.6. The molecule has 690 valence electrons. The van der Waals surface area contributed by atoms with Crippen LogP contribution in [0.5, 0.6) is 0 Å². The predicted molar refractivity (Wildman–Crippen MR) is 454 cm³/mol. The van der Waals surface area contributed by atoms with E-state index in [2.05, 4.69) is 44.6 Å². The van der Waals surface area contributed by atoms with Crippen LogP contribution in [0.3, 0.4) is 0 Å². The Morgan fingerprint density at radius 3 is 0.704 bits per heavy atom. The van der Waals surface area contributed by atoms with Crippen LogP contribution < -0.4 is 5.56 Å². The third-order valence-electron chi connectivity index (χ3n) is 19.2. The molecule has 40 nitrogen and oxygen atoms in total. The number of H-pyrrole nitrogens is 1. The number of ether oxygens (including phenoxy) is 12. The Balaban J connectivity index is 0.000000214. The number of aromatic amines is 1. The predicted octanol–water partition coefficient (Wildman–Crippen LogP) is 3.42. The monoisotopic (exact) mass is 1850 g/mol. The quantitative estimate of drug-likeness (QED) is 0.0711. The lowest BCUT2D eigenvalue weighted by molar-refractivity contribution is 0.00595. The van der Waals surface area contributed by atoms with E-state index in [0.29, 0.717) is 316 Å². The minimum Gasteiger partial charge on any atom is -0.378 e. The Morgan fingerprint density at radius 1 is 0.248 bits per heavy atom. The van der Waals surface area contributed by atoms with Crippen LogP contribution in [0.1, 0.15) is 34.2 Å². The lowest BCUT2D eigenvalue weighted by Crippen LogP contribution is -2.33. The van der Waals surface area contributed by atoms with Crippen molar-refractivity contribution in [2.24, 2.45) is 0 Å². The van der Waals surface area contributed by atoms with Gasteiger partial charge in [-0.3, -0.25) is 57.0 Å². The van der Waals surface area contributed by atoms with Gasteiger partial charge < -0.3 is 61.8 Å². The summed E-state index contributed by atoms with van der Waals surface area (Å²) >= 11 is 0. The van der Waals surface area contributed by atoms with Crippen molar-refractivity contribution in [1.29, 1.82) is 0 Å². The summed E-state index contributed by atoms with van der Waals surface area (Å²) in [5.41, 5.74) is 3.96. The fraction of sp³-hybridized carbons (Fsp3) is 0.525. The topological polar surface area (TPSA) is 499 Å². The third-order valence-corrected chi connectivity index (χ3v) is 23.2. The van der Waals surface area contributed by atoms with Gasteiger partial charge >= 0.3 is 30.4 Å². The molecule has 0 unspecified atom stereocenters. The van der Waals surface area contributed by atoms with Gasteiger partial charge in [-0.05, 0) is 66.7 Å². The lowest BCUT2D eigenvalue weighted by Gasteiger charge is -2.23. The first kappa shape index (κ1) is 101. The summed E-state index contributed by atoms with van der Waals surface area (Å²) < 4.78 is 232. The summed E-state index contributed by atoms with van der Waals surface area (Å²) in [4.78, 5) is 47.7. The number of benzene rings is 2. The lowest BCUT2D eigenvalue weighted by atomic mass is 10.2. The van der Waals surface area contributed by atoms with Crippen molar-refractivity contribution in [2.45, 2.75) is 64.1 Å². The maximum atomic E-state index is 11.9. The third kappa shape index (κ3) is 38.8. The Morgan fingerprint density at radius 2 is 0.472 bits per heavy atom. The molecule has 45 heteroatoms. The highest BCUT2D eigenvalue weighted by Crippen LogP contribution is 2.25.